The van der Waals surface area contributed by atoms with Crippen molar-refractivity contribution in [2.45, 2.75) is 6.92 Å². The molecule has 0 aliphatic carbocycles. The quantitative estimate of drug-likeness (QED) is 0.763. The molecule has 5 nitrogen and oxygen atoms in total. The minimum Gasteiger partial charge on any atom is -0.397 e. The predicted molar refractivity (Wildman–Crippen MR) is 90.3 cm³/mol. The molecular formula is C16H15ClFN5. The third kappa shape index (κ3) is 2.85. The first-order valence-electron chi connectivity index (χ1n) is 6.93. The van der Waals surface area contributed by atoms with Crippen molar-refractivity contribution in [1.29, 1.82) is 0 Å². The van der Waals surface area contributed by atoms with Gasteiger partial charge in [0.1, 0.15) is 11.6 Å². The lowest BCUT2D eigenvalue weighted by atomic mass is 10.1. The van der Waals surface area contributed by atoms with Gasteiger partial charge in [-0.2, -0.15) is 5.10 Å². The third-order valence-electron chi connectivity index (χ3n) is 3.53. The summed E-state index contributed by atoms with van der Waals surface area (Å²) in [5.41, 5.74) is 9.44. The molecule has 0 saturated carbocycles. The van der Waals surface area contributed by atoms with Crippen molar-refractivity contribution < 1.29 is 4.39 Å². The van der Waals surface area contributed by atoms with Crippen molar-refractivity contribution in [3.05, 3.63) is 53.2 Å². The van der Waals surface area contributed by atoms with Gasteiger partial charge in [0.15, 0.2) is 0 Å². The van der Waals surface area contributed by atoms with Gasteiger partial charge in [-0.25, -0.2) is 4.39 Å². The number of aromatic nitrogens is 3. The number of hydrogen-bond donors (Lipinski definition) is 2. The Bertz CT molecular complexity index is 875. The molecule has 0 spiro atoms. The summed E-state index contributed by atoms with van der Waals surface area (Å²) in [6, 6.07) is 6.00. The first-order valence-corrected chi connectivity index (χ1v) is 7.30. The Morgan fingerprint density at radius 1 is 1.30 bits per heavy atom. The molecule has 3 aromatic rings. The van der Waals surface area contributed by atoms with Crippen molar-refractivity contribution in [3.63, 3.8) is 0 Å². The Labute approximate surface area is 137 Å². The normalized spacial score (nSPS) is 10.8. The molecule has 23 heavy (non-hydrogen) atoms. The van der Waals surface area contributed by atoms with Gasteiger partial charge in [0.2, 0.25) is 0 Å². The molecule has 0 fully saturated rings. The monoisotopic (exact) mass is 331 g/mol. The SMILES string of the molecule is Cc1nn(C)c(Nc2cnccc2N)c1-c1ccc(F)cc1Cl. The summed E-state index contributed by atoms with van der Waals surface area (Å²) in [6.07, 6.45) is 3.25. The summed E-state index contributed by atoms with van der Waals surface area (Å²) in [7, 11) is 1.81. The number of pyridine rings is 1. The topological polar surface area (TPSA) is 68.8 Å². The number of anilines is 3. The molecule has 1 aromatic carbocycles. The Morgan fingerprint density at radius 2 is 2.09 bits per heavy atom. The largest absolute Gasteiger partial charge is 0.397 e. The van der Waals surface area contributed by atoms with Gasteiger partial charge < -0.3 is 11.1 Å². The molecule has 0 unspecified atom stereocenters. The van der Waals surface area contributed by atoms with E-state index in [9.17, 15) is 4.39 Å². The second-order valence-electron chi connectivity index (χ2n) is 5.14. The number of benzene rings is 1. The van der Waals surface area contributed by atoms with E-state index in [1.54, 1.807) is 29.2 Å². The van der Waals surface area contributed by atoms with Crippen LogP contribution in [0, 0.1) is 12.7 Å². The zero-order chi connectivity index (χ0) is 16.6. The smallest absolute Gasteiger partial charge is 0.136 e. The molecule has 0 atom stereocenters. The van der Waals surface area contributed by atoms with Crippen LogP contribution in [0.1, 0.15) is 5.69 Å². The zero-order valence-electron chi connectivity index (χ0n) is 12.6. The van der Waals surface area contributed by atoms with Crippen LogP contribution in [-0.4, -0.2) is 14.8 Å². The number of hydrogen-bond acceptors (Lipinski definition) is 4. The highest BCUT2D eigenvalue weighted by Gasteiger charge is 2.18. The van der Waals surface area contributed by atoms with Crippen molar-refractivity contribution in [2.75, 3.05) is 11.1 Å². The Morgan fingerprint density at radius 3 is 2.78 bits per heavy atom. The second-order valence-corrected chi connectivity index (χ2v) is 5.55. The minimum atomic E-state index is -0.383. The number of aryl methyl sites for hydroxylation is 2. The average Bonchev–Trinajstić information content (AvgIpc) is 2.76. The van der Waals surface area contributed by atoms with Gasteiger partial charge >= 0.3 is 0 Å². The van der Waals surface area contributed by atoms with E-state index >= 15 is 0 Å². The molecule has 2 heterocycles. The van der Waals surface area contributed by atoms with Gasteiger partial charge in [0.25, 0.3) is 0 Å². The van der Waals surface area contributed by atoms with Crippen LogP contribution in [0.5, 0.6) is 0 Å². The van der Waals surface area contributed by atoms with Crippen LogP contribution >= 0.6 is 11.6 Å². The van der Waals surface area contributed by atoms with Crippen molar-refractivity contribution >= 4 is 28.8 Å². The van der Waals surface area contributed by atoms with Crippen LogP contribution in [0.25, 0.3) is 11.1 Å². The van der Waals surface area contributed by atoms with Gasteiger partial charge in [0.05, 0.1) is 28.3 Å². The molecule has 3 N–H and O–H groups in total. The molecule has 7 heteroatoms. The third-order valence-corrected chi connectivity index (χ3v) is 3.84. The molecule has 0 amide bonds. The highest BCUT2D eigenvalue weighted by atomic mass is 35.5. The molecular weight excluding hydrogens is 317 g/mol. The summed E-state index contributed by atoms with van der Waals surface area (Å²) in [4.78, 5) is 4.06. The van der Waals surface area contributed by atoms with Crippen LogP contribution in [0.15, 0.2) is 36.7 Å². The lowest BCUT2D eigenvalue weighted by molar-refractivity contribution is 0.628. The molecule has 0 aliphatic heterocycles. The lowest BCUT2D eigenvalue weighted by Crippen LogP contribution is -2.03. The van der Waals surface area contributed by atoms with Crippen molar-refractivity contribution in [3.8, 4) is 11.1 Å². The number of nitrogens with zero attached hydrogens (tertiary/aromatic N) is 3. The molecule has 0 saturated heterocycles. The van der Waals surface area contributed by atoms with E-state index < -0.39 is 0 Å². The van der Waals surface area contributed by atoms with Crippen LogP contribution in [0.3, 0.4) is 0 Å². The maximum Gasteiger partial charge on any atom is 0.136 e. The molecule has 2 aromatic heterocycles. The molecule has 118 valence electrons. The standard InChI is InChI=1S/C16H15ClFN5/c1-9-15(11-4-3-10(18)7-12(11)17)16(23(2)22-9)21-14-8-20-6-5-13(14)19/h3-8,21H,1-2H3,(H2,19,20). The first-order chi connectivity index (χ1) is 11.0. The Kier molecular flexibility index (Phi) is 3.92. The fourth-order valence-electron chi connectivity index (χ4n) is 2.45. The first kappa shape index (κ1) is 15.3. The molecule has 0 bridgehead atoms. The van der Waals surface area contributed by atoms with Gasteiger partial charge in [-0.3, -0.25) is 9.67 Å². The summed E-state index contributed by atoms with van der Waals surface area (Å²) in [6.45, 7) is 1.87. The Hall–Kier alpha value is -2.60. The van der Waals surface area contributed by atoms with Crippen LogP contribution < -0.4 is 11.1 Å². The van der Waals surface area contributed by atoms with E-state index in [1.807, 2.05) is 14.0 Å². The number of nitrogens with one attached hydrogen (secondary N) is 1. The summed E-state index contributed by atoms with van der Waals surface area (Å²) >= 11 is 6.21. The van der Waals surface area contributed by atoms with Crippen LogP contribution in [0.4, 0.5) is 21.6 Å². The fourth-order valence-corrected chi connectivity index (χ4v) is 2.72. The predicted octanol–water partition coefficient (Wildman–Crippen LogP) is 3.91. The zero-order valence-corrected chi connectivity index (χ0v) is 13.4. The van der Waals surface area contributed by atoms with Crippen molar-refractivity contribution in [2.24, 2.45) is 7.05 Å². The van der Waals surface area contributed by atoms with Crippen LogP contribution in [0.2, 0.25) is 5.02 Å². The van der Waals surface area contributed by atoms with Crippen molar-refractivity contribution in [1.82, 2.24) is 14.8 Å². The number of nitrogens with two attached hydrogens (primary N) is 1. The van der Waals surface area contributed by atoms with Gasteiger partial charge in [0, 0.05) is 24.4 Å². The van der Waals surface area contributed by atoms with Gasteiger partial charge in [-0.1, -0.05) is 11.6 Å². The van der Waals surface area contributed by atoms with E-state index in [2.05, 4.69) is 15.4 Å². The minimum absolute atomic E-state index is 0.323. The summed E-state index contributed by atoms with van der Waals surface area (Å²) in [5, 5.41) is 7.97. The van der Waals surface area contributed by atoms with E-state index in [1.165, 1.54) is 12.1 Å². The summed E-state index contributed by atoms with van der Waals surface area (Å²) in [5.74, 6) is 0.321. The highest BCUT2D eigenvalue weighted by molar-refractivity contribution is 6.33. The van der Waals surface area contributed by atoms with Crippen LogP contribution in [-0.2, 0) is 7.05 Å². The fraction of sp³-hybridized carbons (Fsp3) is 0.125. The maximum absolute atomic E-state index is 13.3. The molecule has 0 radical (unpaired) electrons. The lowest BCUT2D eigenvalue weighted by Gasteiger charge is -2.12. The molecule has 0 aliphatic rings. The number of rotatable bonds is 3. The average molecular weight is 332 g/mol. The van der Waals surface area contributed by atoms with E-state index in [-0.39, 0.29) is 5.82 Å². The van der Waals surface area contributed by atoms with Gasteiger partial charge in [-0.05, 0) is 31.2 Å². The summed E-state index contributed by atoms with van der Waals surface area (Å²) < 4.78 is 15.0. The highest BCUT2D eigenvalue weighted by Crippen LogP contribution is 2.37. The number of nitrogen functional groups attached to an aromatic ring is 1. The van der Waals surface area contributed by atoms with E-state index in [0.29, 0.717) is 27.8 Å². The number of halogens is 2. The second kappa shape index (κ2) is 5.89. The van der Waals surface area contributed by atoms with Gasteiger partial charge in [-0.15, -0.1) is 0 Å². The Balaban J connectivity index is 2.13. The van der Waals surface area contributed by atoms with E-state index in [0.717, 1.165) is 11.3 Å². The van der Waals surface area contributed by atoms with E-state index in [4.69, 9.17) is 17.3 Å². The maximum atomic E-state index is 13.3. The molecule has 3 rings (SSSR count).